The molecule has 5 rings (SSSR count). The molecule has 2 aromatic heterocycles. The summed E-state index contributed by atoms with van der Waals surface area (Å²) in [7, 11) is 0. The lowest BCUT2D eigenvalue weighted by Gasteiger charge is -2.39. The predicted octanol–water partition coefficient (Wildman–Crippen LogP) is 3.41. The fraction of sp³-hybridized carbons (Fsp3) is 0.379. The van der Waals surface area contributed by atoms with Gasteiger partial charge in [-0.1, -0.05) is 36.4 Å². The Labute approximate surface area is 227 Å². The number of hydrogen-bond acceptors (Lipinski definition) is 7. The fourth-order valence-corrected chi connectivity index (χ4v) is 5.53. The summed E-state index contributed by atoms with van der Waals surface area (Å²) in [4.78, 5) is 30.5. The van der Waals surface area contributed by atoms with Crippen LogP contribution in [0.3, 0.4) is 0 Å². The van der Waals surface area contributed by atoms with Crippen LogP contribution < -0.4 is 5.73 Å². The van der Waals surface area contributed by atoms with Crippen molar-refractivity contribution in [2.45, 2.75) is 44.8 Å². The van der Waals surface area contributed by atoms with Crippen molar-refractivity contribution in [3.8, 4) is 23.1 Å². The number of halogens is 1. The minimum atomic E-state index is -0.257. The van der Waals surface area contributed by atoms with Crippen molar-refractivity contribution in [3.05, 3.63) is 70.3 Å². The first-order valence-electron chi connectivity index (χ1n) is 13.0. The Bertz CT molecular complexity index is 1380. The van der Waals surface area contributed by atoms with Gasteiger partial charge >= 0.3 is 0 Å². The number of aliphatic hydroxyl groups is 1. The van der Waals surface area contributed by atoms with Crippen LogP contribution >= 0.6 is 11.6 Å². The first kappa shape index (κ1) is 26.1. The Morgan fingerprint density at radius 2 is 1.92 bits per heavy atom. The van der Waals surface area contributed by atoms with Crippen LogP contribution in [0.2, 0.25) is 5.02 Å². The van der Waals surface area contributed by atoms with Gasteiger partial charge in [0, 0.05) is 49.5 Å². The van der Waals surface area contributed by atoms with Gasteiger partial charge in [0.15, 0.2) is 0 Å². The van der Waals surface area contributed by atoms with E-state index in [2.05, 4.69) is 31.7 Å². The van der Waals surface area contributed by atoms with Gasteiger partial charge in [-0.15, -0.1) is 0 Å². The second-order valence-corrected chi connectivity index (χ2v) is 10.1. The number of piperazine rings is 1. The first-order valence-corrected chi connectivity index (χ1v) is 13.4. The number of aliphatic hydroxyl groups excluding tert-OH is 1. The quantitative estimate of drug-likeness (QED) is 0.497. The molecule has 3 aromatic rings. The largest absolute Gasteiger partial charge is 0.391 e. The van der Waals surface area contributed by atoms with Crippen molar-refractivity contribution in [2.75, 3.05) is 31.9 Å². The van der Waals surface area contributed by atoms with E-state index < -0.39 is 0 Å². The summed E-state index contributed by atoms with van der Waals surface area (Å²) < 4.78 is 0. The van der Waals surface area contributed by atoms with E-state index in [1.165, 1.54) is 6.33 Å². The zero-order chi connectivity index (χ0) is 26.6. The molecule has 196 valence electrons. The molecule has 2 unspecified atom stereocenters. The molecular weight excluding hydrogens is 500 g/mol. The number of aromatic nitrogens is 3. The van der Waals surface area contributed by atoms with E-state index in [9.17, 15) is 9.90 Å². The number of hydrogen-bond donors (Lipinski definition) is 2. The van der Waals surface area contributed by atoms with E-state index in [0.29, 0.717) is 47.2 Å². The van der Waals surface area contributed by atoms with Gasteiger partial charge in [0.1, 0.15) is 12.1 Å². The number of carbonyl (C=O) groups is 1. The molecule has 38 heavy (non-hydrogen) atoms. The topological polar surface area (TPSA) is 108 Å². The van der Waals surface area contributed by atoms with E-state index in [0.717, 1.165) is 49.2 Å². The second kappa shape index (κ2) is 11.5. The number of amides is 1. The van der Waals surface area contributed by atoms with Crippen molar-refractivity contribution in [3.63, 3.8) is 0 Å². The maximum atomic E-state index is 13.3. The lowest BCUT2D eigenvalue weighted by molar-refractivity contribution is 0.0315. The second-order valence-electron chi connectivity index (χ2n) is 9.71. The zero-order valence-corrected chi connectivity index (χ0v) is 22.2. The molecular formula is C29H31ClN6O2. The molecule has 2 fully saturated rings. The molecule has 1 saturated carbocycles. The number of nitrogens with zero attached hydrogens (tertiary/aromatic N) is 5. The summed E-state index contributed by atoms with van der Waals surface area (Å²) in [5.41, 5.74) is 9.86. The predicted molar refractivity (Wildman–Crippen MR) is 148 cm³/mol. The normalized spacial score (nSPS) is 19.7. The SMILES string of the molecule is CCc1ncnc(-c2ccc(C(=O)N3CCN(C4CCCC4O)CC3)c(Cl)c2)c1C#Cc1ccc(N)nc1. The van der Waals surface area contributed by atoms with E-state index in [1.54, 1.807) is 24.4 Å². The molecule has 0 spiro atoms. The number of benzene rings is 1. The Morgan fingerprint density at radius 3 is 2.58 bits per heavy atom. The molecule has 0 radical (unpaired) electrons. The molecule has 1 saturated heterocycles. The van der Waals surface area contributed by atoms with Crippen LogP contribution in [0.25, 0.3) is 11.3 Å². The molecule has 0 bridgehead atoms. The molecule has 8 nitrogen and oxygen atoms in total. The maximum Gasteiger partial charge on any atom is 0.255 e. The van der Waals surface area contributed by atoms with Crippen LogP contribution in [0.15, 0.2) is 42.9 Å². The highest BCUT2D eigenvalue weighted by Crippen LogP contribution is 2.29. The summed E-state index contributed by atoms with van der Waals surface area (Å²) in [6.07, 6.45) is 6.53. The van der Waals surface area contributed by atoms with Crippen molar-refractivity contribution in [2.24, 2.45) is 0 Å². The van der Waals surface area contributed by atoms with Crippen molar-refractivity contribution in [1.29, 1.82) is 0 Å². The lowest BCUT2D eigenvalue weighted by Crippen LogP contribution is -2.53. The number of carbonyl (C=O) groups excluding carboxylic acids is 1. The van der Waals surface area contributed by atoms with Gasteiger partial charge < -0.3 is 15.7 Å². The number of rotatable bonds is 4. The van der Waals surface area contributed by atoms with Gasteiger partial charge in [-0.2, -0.15) is 0 Å². The molecule has 2 aliphatic rings. The van der Waals surface area contributed by atoms with Crippen LogP contribution in [0.5, 0.6) is 0 Å². The van der Waals surface area contributed by atoms with Crippen LogP contribution in [0.4, 0.5) is 5.82 Å². The molecule has 3 N–H and O–H groups in total. The van der Waals surface area contributed by atoms with Gasteiger partial charge in [-0.25, -0.2) is 15.0 Å². The average Bonchev–Trinajstić information content (AvgIpc) is 3.38. The fourth-order valence-electron chi connectivity index (χ4n) is 5.26. The highest BCUT2D eigenvalue weighted by molar-refractivity contribution is 6.34. The number of nitrogen functional groups attached to an aromatic ring is 1. The van der Waals surface area contributed by atoms with Crippen LogP contribution in [0, 0.1) is 11.8 Å². The maximum absolute atomic E-state index is 13.3. The number of anilines is 1. The van der Waals surface area contributed by atoms with E-state index in [4.69, 9.17) is 17.3 Å². The molecule has 1 aromatic carbocycles. The molecule has 1 amide bonds. The van der Waals surface area contributed by atoms with Crippen LogP contribution in [0.1, 0.15) is 53.4 Å². The monoisotopic (exact) mass is 530 g/mol. The third kappa shape index (κ3) is 5.51. The van der Waals surface area contributed by atoms with Crippen molar-refractivity contribution >= 4 is 23.3 Å². The van der Waals surface area contributed by atoms with Crippen molar-refractivity contribution in [1.82, 2.24) is 24.8 Å². The smallest absolute Gasteiger partial charge is 0.255 e. The minimum Gasteiger partial charge on any atom is -0.391 e. The van der Waals surface area contributed by atoms with Crippen molar-refractivity contribution < 1.29 is 9.90 Å². The first-order chi connectivity index (χ1) is 18.4. The Kier molecular flexibility index (Phi) is 7.89. The summed E-state index contributed by atoms with van der Waals surface area (Å²) in [6, 6.07) is 9.14. The lowest BCUT2D eigenvalue weighted by atomic mass is 10.0. The number of pyridine rings is 1. The summed E-state index contributed by atoms with van der Waals surface area (Å²) in [6.45, 7) is 4.77. The summed E-state index contributed by atoms with van der Waals surface area (Å²) in [5, 5.41) is 10.6. The highest BCUT2D eigenvalue weighted by Gasteiger charge is 2.33. The Balaban J connectivity index is 1.36. The Hall–Kier alpha value is -3.51. The summed E-state index contributed by atoms with van der Waals surface area (Å²) >= 11 is 6.67. The van der Waals surface area contributed by atoms with Crippen LogP contribution in [-0.4, -0.2) is 74.1 Å². The number of nitrogens with two attached hydrogens (primary N) is 1. The standard InChI is InChI=1S/C29H31ClN6O2/c1-2-24-22(9-6-19-7-11-27(31)32-17-19)28(34-18-33-24)20-8-10-21(23(30)16-20)29(38)36-14-12-35(13-15-36)25-4-3-5-26(25)37/h7-8,10-11,16-18,25-26,37H,2-5,12-15H2,1H3,(H2,31,32). The van der Waals surface area contributed by atoms with Crippen LogP contribution in [-0.2, 0) is 6.42 Å². The number of aryl methyl sites for hydroxylation is 1. The molecule has 9 heteroatoms. The van der Waals surface area contributed by atoms with Gasteiger partial charge in [0.05, 0.1) is 33.6 Å². The molecule has 1 aliphatic heterocycles. The highest BCUT2D eigenvalue weighted by atomic mass is 35.5. The molecule has 3 heterocycles. The van der Waals surface area contributed by atoms with Gasteiger partial charge in [0.2, 0.25) is 0 Å². The third-order valence-electron chi connectivity index (χ3n) is 7.37. The van der Waals surface area contributed by atoms with E-state index in [1.807, 2.05) is 24.0 Å². The third-order valence-corrected chi connectivity index (χ3v) is 7.68. The Morgan fingerprint density at radius 1 is 1.11 bits per heavy atom. The average molecular weight is 531 g/mol. The van der Waals surface area contributed by atoms with E-state index >= 15 is 0 Å². The minimum absolute atomic E-state index is 0.0824. The van der Waals surface area contributed by atoms with Gasteiger partial charge in [0.25, 0.3) is 5.91 Å². The van der Waals surface area contributed by atoms with Gasteiger partial charge in [-0.05, 0) is 49.9 Å². The van der Waals surface area contributed by atoms with E-state index in [-0.39, 0.29) is 18.1 Å². The molecule has 2 atom stereocenters. The van der Waals surface area contributed by atoms with Gasteiger partial charge in [-0.3, -0.25) is 9.69 Å². The zero-order valence-electron chi connectivity index (χ0n) is 21.4. The molecule has 1 aliphatic carbocycles. The summed E-state index contributed by atoms with van der Waals surface area (Å²) in [5.74, 6) is 6.69.